The number of carbonyl (C=O) groups is 2. The molecule has 0 saturated carbocycles. The van der Waals surface area contributed by atoms with Gasteiger partial charge in [0.1, 0.15) is 6.29 Å². The number of pyridine rings is 1. The van der Waals surface area contributed by atoms with Gasteiger partial charge in [-0.3, -0.25) is 14.6 Å². The summed E-state index contributed by atoms with van der Waals surface area (Å²) in [6.45, 7) is 5.39. The Morgan fingerprint density at radius 3 is 2.45 bits per heavy atom. The number of aromatic nitrogens is 1. The van der Waals surface area contributed by atoms with Crippen molar-refractivity contribution >= 4 is 23.7 Å². The predicted octanol–water partition coefficient (Wildman–Crippen LogP) is 4.43. The summed E-state index contributed by atoms with van der Waals surface area (Å²) in [5.74, 6) is -0.182. The van der Waals surface area contributed by atoms with Crippen LogP contribution in [0.2, 0.25) is 5.02 Å². The molecule has 0 aliphatic carbocycles. The van der Waals surface area contributed by atoms with Crippen LogP contribution in [0.25, 0.3) is 0 Å². The zero-order chi connectivity index (χ0) is 16.5. The quantitative estimate of drug-likeness (QED) is 0.338. The highest BCUT2D eigenvalue weighted by Gasteiger charge is 2.08. The van der Waals surface area contributed by atoms with Crippen molar-refractivity contribution in [1.82, 2.24) is 4.98 Å². The third kappa shape index (κ3) is 5.26. The summed E-state index contributed by atoms with van der Waals surface area (Å²) >= 11 is 5.89. The molecule has 0 N–H and O–H groups in total. The summed E-state index contributed by atoms with van der Waals surface area (Å²) < 4.78 is 0. The molecule has 114 valence electrons. The van der Waals surface area contributed by atoms with Crippen LogP contribution in [0.15, 0.2) is 59.9 Å². The molecule has 0 fully saturated rings. The van der Waals surface area contributed by atoms with Gasteiger partial charge in [0.15, 0.2) is 5.78 Å². The lowest BCUT2D eigenvalue weighted by Crippen LogP contribution is -2.01. The number of hydrogen-bond acceptors (Lipinski definition) is 3. The van der Waals surface area contributed by atoms with Crippen molar-refractivity contribution in [3.8, 4) is 0 Å². The van der Waals surface area contributed by atoms with Gasteiger partial charge < -0.3 is 0 Å². The van der Waals surface area contributed by atoms with E-state index < -0.39 is 0 Å². The van der Waals surface area contributed by atoms with E-state index in [1.807, 2.05) is 13.0 Å². The maximum Gasteiger partial charge on any atom is 0.188 e. The molecule has 0 aromatic carbocycles. The third-order valence-corrected chi connectivity index (χ3v) is 3.12. The van der Waals surface area contributed by atoms with Crippen molar-refractivity contribution in [1.29, 1.82) is 0 Å². The molecule has 0 radical (unpaired) electrons. The van der Waals surface area contributed by atoms with E-state index in [1.54, 1.807) is 44.2 Å². The van der Waals surface area contributed by atoms with E-state index in [1.165, 1.54) is 12.3 Å². The number of allylic oxidation sites excluding steroid dienone is 8. The molecule has 1 rings (SSSR count). The average molecular weight is 316 g/mol. The van der Waals surface area contributed by atoms with Crippen molar-refractivity contribution in [2.45, 2.75) is 20.8 Å². The molecule has 22 heavy (non-hydrogen) atoms. The van der Waals surface area contributed by atoms with Gasteiger partial charge in [0, 0.05) is 23.0 Å². The molecule has 0 atom stereocenters. The van der Waals surface area contributed by atoms with Crippen LogP contribution in [0.5, 0.6) is 0 Å². The van der Waals surface area contributed by atoms with Gasteiger partial charge in [-0.1, -0.05) is 42.0 Å². The van der Waals surface area contributed by atoms with Gasteiger partial charge in [0.25, 0.3) is 0 Å². The second kappa shape index (κ2) is 8.90. The number of rotatable bonds is 6. The van der Waals surface area contributed by atoms with Crippen LogP contribution in [-0.2, 0) is 4.79 Å². The smallest absolute Gasteiger partial charge is 0.188 e. The van der Waals surface area contributed by atoms with Gasteiger partial charge >= 0.3 is 0 Å². The van der Waals surface area contributed by atoms with E-state index in [9.17, 15) is 9.59 Å². The van der Waals surface area contributed by atoms with Gasteiger partial charge in [-0.2, -0.15) is 0 Å². The molecule has 4 heteroatoms. The highest BCUT2D eigenvalue weighted by atomic mass is 35.5. The van der Waals surface area contributed by atoms with E-state index in [0.29, 0.717) is 27.4 Å². The highest BCUT2D eigenvalue weighted by Crippen LogP contribution is 2.15. The van der Waals surface area contributed by atoms with E-state index in [0.717, 1.165) is 6.29 Å². The lowest BCUT2D eigenvalue weighted by Gasteiger charge is -2.02. The Balaban J connectivity index is 3.15. The zero-order valence-electron chi connectivity index (χ0n) is 12.8. The van der Waals surface area contributed by atoms with Gasteiger partial charge in [0.05, 0.1) is 5.02 Å². The standard InChI is InChI=1S/C18H18ClNO2/c1-4-6-15(8-7-14(5-2)12-21)9-18(22)17-10-16(19)11-20-13(17)3/h4-12H,1-3H3/b6-4-,8-7-,14-5+,15-9+. The van der Waals surface area contributed by atoms with Crippen LogP contribution in [0, 0.1) is 6.92 Å². The molecule has 0 aliphatic heterocycles. The second-order valence-corrected chi connectivity index (χ2v) is 4.97. The Morgan fingerprint density at radius 1 is 1.18 bits per heavy atom. The second-order valence-electron chi connectivity index (χ2n) is 4.53. The van der Waals surface area contributed by atoms with Crippen LogP contribution in [0.1, 0.15) is 29.9 Å². The van der Waals surface area contributed by atoms with E-state index in [-0.39, 0.29) is 5.78 Å². The Morgan fingerprint density at radius 2 is 1.86 bits per heavy atom. The van der Waals surface area contributed by atoms with E-state index >= 15 is 0 Å². The largest absolute Gasteiger partial charge is 0.298 e. The van der Waals surface area contributed by atoms with Gasteiger partial charge in [-0.05, 0) is 38.5 Å². The minimum absolute atomic E-state index is 0.182. The van der Waals surface area contributed by atoms with Crippen molar-refractivity contribution in [2.24, 2.45) is 0 Å². The lowest BCUT2D eigenvalue weighted by molar-refractivity contribution is -0.104. The van der Waals surface area contributed by atoms with Gasteiger partial charge in [0.2, 0.25) is 0 Å². The molecule has 3 nitrogen and oxygen atoms in total. The number of nitrogens with zero attached hydrogens (tertiary/aromatic N) is 1. The first kappa shape index (κ1) is 17.8. The van der Waals surface area contributed by atoms with Crippen LogP contribution in [0.3, 0.4) is 0 Å². The fourth-order valence-corrected chi connectivity index (χ4v) is 1.88. The minimum atomic E-state index is -0.182. The van der Waals surface area contributed by atoms with Crippen LogP contribution in [0.4, 0.5) is 0 Å². The Labute approximate surface area is 135 Å². The van der Waals surface area contributed by atoms with E-state index in [2.05, 4.69) is 4.98 Å². The SMILES string of the molecule is C\C=C/C(/C=C\C(C=O)=C/C)=C\C(=O)c1cc(Cl)cnc1C. The van der Waals surface area contributed by atoms with Gasteiger partial charge in [-0.25, -0.2) is 0 Å². The molecular weight excluding hydrogens is 298 g/mol. The Kier molecular flexibility index (Phi) is 7.20. The molecule has 0 aliphatic rings. The summed E-state index contributed by atoms with van der Waals surface area (Å²) in [6, 6.07) is 1.60. The summed E-state index contributed by atoms with van der Waals surface area (Å²) in [4.78, 5) is 27.2. The predicted molar refractivity (Wildman–Crippen MR) is 90.2 cm³/mol. The van der Waals surface area contributed by atoms with Crippen LogP contribution in [-0.4, -0.2) is 17.1 Å². The van der Waals surface area contributed by atoms with Crippen molar-refractivity contribution in [3.05, 3.63) is 76.1 Å². The molecular formula is C18H18ClNO2. The third-order valence-electron chi connectivity index (χ3n) is 2.91. The van der Waals surface area contributed by atoms with Crippen molar-refractivity contribution in [3.63, 3.8) is 0 Å². The molecule has 0 spiro atoms. The fraction of sp³-hybridized carbons (Fsp3) is 0.167. The maximum absolute atomic E-state index is 12.4. The first-order chi connectivity index (χ1) is 10.5. The molecule has 0 unspecified atom stereocenters. The summed E-state index contributed by atoms with van der Waals surface area (Å²) in [6.07, 6.45) is 12.5. The number of hydrogen-bond donors (Lipinski definition) is 0. The Bertz CT molecular complexity index is 682. The lowest BCUT2D eigenvalue weighted by atomic mass is 10.1. The number of aldehydes is 1. The summed E-state index contributed by atoms with van der Waals surface area (Å²) in [5, 5.41) is 0.419. The highest BCUT2D eigenvalue weighted by molar-refractivity contribution is 6.31. The normalized spacial score (nSPS) is 13.1. The number of carbonyl (C=O) groups excluding carboxylic acids is 2. The minimum Gasteiger partial charge on any atom is -0.298 e. The van der Waals surface area contributed by atoms with Crippen molar-refractivity contribution in [2.75, 3.05) is 0 Å². The number of halogens is 1. The average Bonchev–Trinajstić information content (AvgIpc) is 2.50. The fourth-order valence-electron chi connectivity index (χ4n) is 1.73. The molecule has 1 heterocycles. The topological polar surface area (TPSA) is 47.0 Å². The number of ketones is 1. The number of aryl methyl sites for hydroxylation is 1. The van der Waals surface area contributed by atoms with Gasteiger partial charge in [-0.15, -0.1) is 0 Å². The molecule has 0 bridgehead atoms. The molecule has 0 saturated heterocycles. The zero-order valence-corrected chi connectivity index (χ0v) is 13.6. The van der Waals surface area contributed by atoms with E-state index in [4.69, 9.17) is 11.6 Å². The monoisotopic (exact) mass is 315 g/mol. The summed E-state index contributed by atoms with van der Waals surface area (Å²) in [5.41, 5.74) is 2.32. The maximum atomic E-state index is 12.4. The van der Waals surface area contributed by atoms with Crippen molar-refractivity contribution < 1.29 is 9.59 Å². The first-order valence-corrected chi connectivity index (χ1v) is 7.20. The molecule has 1 aromatic rings. The molecule has 0 amide bonds. The molecule has 1 aromatic heterocycles. The Hall–Kier alpha value is -2.26. The first-order valence-electron chi connectivity index (χ1n) is 6.82. The summed E-state index contributed by atoms with van der Waals surface area (Å²) in [7, 11) is 0. The van der Waals surface area contributed by atoms with Crippen LogP contribution >= 0.6 is 11.6 Å². The van der Waals surface area contributed by atoms with Crippen LogP contribution < -0.4 is 0 Å².